The van der Waals surface area contributed by atoms with Gasteiger partial charge in [-0.3, -0.25) is 4.55 Å². The smallest absolute Gasteiger partial charge is 0.334 e. The van der Waals surface area contributed by atoms with Crippen LogP contribution in [0.2, 0.25) is 0 Å². The molecule has 0 heterocycles. The molecule has 17 heavy (non-hydrogen) atoms. The van der Waals surface area contributed by atoms with Gasteiger partial charge in [-0.05, 0) is 0 Å². The van der Waals surface area contributed by atoms with Crippen LogP contribution in [-0.2, 0) is 19.8 Å². The molecule has 0 aliphatic heterocycles. The van der Waals surface area contributed by atoms with E-state index in [1.807, 2.05) is 0 Å². The summed E-state index contributed by atoms with van der Waals surface area (Å²) in [7, 11) is -3.48. The molecular formula is C7H15NO7S2. The number of aliphatic hydroxyl groups excluding tert-OH is 2. The molecule has 0 radical (unpaired) electrons. The Hall–Kier alpha value is -0.230. The summed E-state index contributed by atoms with van der Waals surface area (Å²) in [6.45, 7) is -0.498. The van der Waals surface area contributed by atoms with Crippen molar-refractivity contribution in [3.05, 3.63) is 0 Å². The molecule has 8 nitrogen and oxygen atoms in total. The largest absolute Gasteiger partial charge is 0.395 e. The molecule has 0 bridgehead atoms. The van der Waals surface area contributed by atoms with Gasteiger partial charge < -0.3 is 19.7 Å². The summed E-state index contributed by atoms with van der Waals surface area (Å²) in [5.74, 6) is 0. The van der Waals surface area contributed by atoms with E-state index >= 15 is 0 Å². The summed E-state index contributed by atoms with van der Waals surface area (Å²) < 4.78 is 36.0. The fraction of sp³-hybridized carbons (Fsp3) is 0.857. The van der Waals surface area contributed by atoms with E-state index in [4.69, 9.17) is 14.4 Å². The predicted molar refractivity (Wildman–Crippen MR) is 61.2 cm³/mol. The molecule has 0 aromatic rings. The number of carbonyl (C=O) groups is 1. The highest BCUT2D eigenvalue weighted by molar-refractivity contribution is 7.83. The molecule has 0 saturated carbocycles. The zero-order valence-electron chi connectivity index (χ0n) is 8.92. The fourth-order valence-corrected chi connectivity index (χ4v) is 1.87. The van der Waals surface area contributed by atoms with Crippen LogP contribution in [-0.4, -0.2) is 66.7 Å². The van der Waals surface area contributed by atoms with Crippen molar-refractivity contribution in [2.24, 2.45) is 0 Å². The van der Waals surface area contributed by atoms with E-state index in [0.29, 0.717) is 0 Å². The van der Waals surface area contributed by atoms with Crippen molar-refractivity contribution in [3.63, 3.8) is 0 Å². The maximum atomic E-state index is 10.7. The Bertz CT molecular complexity index is 333. The third kappa shape index (κ3) is 5.77. The average Bonchev–Trinajstić information content (AvgIpc) is 2.25. The molecule has 0 amide bonds. The molecule has 4 N–H and O–H groups in total. The number of aliphatic hydroxyl groups is 2. The highest BCUT2D eigenvalue weighted by Crippen LogP contribution is 2.12. The highest BCUT2D eigenvalue weighted by atomic mass is 32.2. The van der Waals surface area contributed by atoms with Gasteiger partial charge in [-0.15, -0.1) is 0 Å². The van der Waals surface area contributed by atoms with Gasteiger partial charge in [0.2, 0.25) is 0 Å². The number of ether oxygens (including phenoxy) is 1. The minimum absolute atomic E-state index is 0.156. The van der Waals surface area contributed by atoms with Gasteiger partial charge in [-0.2, -0.15) is 25.8 Å². The number of methoxy groups -OCH3 is 1. The quantitative estimate of drug-likeness (QED) is 0.191. The van der Waals surface area contributed by atoms with E-state index < -0.39 is 40.4 Å². The van der Waals surface area contributed by atoms with Crippen molar-refractivity contribution in [1.29, 1.82) is 0 Å². The first-order chi connectivity index (χ1) is 7.76. The Kier molecular flexibility index (Phi) is 7.16. The van der Waals surface area contributed by atoms with Crippen LogP contribution in [0, 0.1) is 0 Å². The molecule has 102 valence electrons. The second-order valence-electron chi connectivity index (χ2n) is 3.20. The number of nitrogens with one attached hydrogen (secondary N) is 1. The lowest BCUT2D eigenvalue weighted by molar-refractivity contribution is -0.115. The van der Waals surface area contributed by atoms with Crippen LogP contribution in [0.3, 0.4) is 0 Å². The van der Waals surface area contributed by atoms with Crippen molar-refractivity contribution in [2.45, 2.75) is 23.5 Å². The summed E-state index contributed by atoms with van der Waals surface area (Å²) in [6, 6.07) is -1.49. The Morgan fingerprint density at radius 1 is 1.53 bits per heavy atom. The van der Waals surface area contributed by atoms with E-state index in [9.17, 15) is 18.3 Å². The van der Waals surface area contributed by atoms with Crippen LogP contribution in [0.15, 0.2) is 0 Å². The number of rotatable bonds is 8. The summed E-state index contributed by atoms with van der Waals surface area (Å²) in [4.78, 5) is 10.7. The molecule has 0 aromatic heterocycles. The minimum atomic E-state index is -4.62. The Morgan fingerprint density at radius 3 is 2.35 bits per heavy atom. The van der Waals surface area contributed by atoms with Crippen LogP contribution in [0.4, 0.5) is 0 Å². The van der Waals surface area contributed by atoms with Crippen LogP contribution < -0.4 is 4.72 Å². The summed E-state index contributed by atoms with van der Waals surface area (Å²) >= 11 is 3.83. The monoisotopic (exact) mass is 289 g/mol. The number of hydrogen-bond acceptors (Lipinski definition) is 7. The molecule has 0 fully saturated rings. The van der Waals surface area contributed by atoms with Crippen LogP contribution in [0.25, 0.3) is 0 Å². The maximum Gasteiger partial charge on any atom is 0.334 e. The van der Waals surface area contributed by atoms with E-state index in [0.717, 1.165) is 7.11 Å². The second-order valence-corrected chi connectivity index (χ2v) is 5.04. The molecule has 0 saturated heterocycles. The molecule has 0 aliphatic carbocycles. The zero-order chi connectivity index (χ0) is 13.6. The van der Waals surface area contributed by atoms with Gasteiger partial charge in [0.1, 0.15) is 18.4 Å². The third-order valence-electron chi connectivity index (χ3n) is 1.98. The summed E-state index contributed by atoms with van der Waals surface area (Å²) in [5, 5.41) is 17.5. The SMILES string of the molecule is CO[C@@H]([C@H](O)[C@@H](S)CO)[C@@H](C=O)NS(=O)(=O)O. The lowest BCUT2D eigenvalue weighted by atomic mass is 10.0. The normalized spacial score (nSPS) is 19.4. The van der Waals surface area contributed by atoms with Crippen LogP contribution in [0.5, 0.6) is 0 Å². The molecule has 0 spiro atoms. The van der Waals surface area contributed by atoms with Gasteiger partial charge in [0.25, 0.3) is 0 Å². The summed E-state index contributed by atoms with van der Waals surface area (Å²) in [6.07, 6.45) is -2.54. The van der Waals surface area contributed by atoms with Crippen LogP contribution in [0.1, 0.15) is 0 Å². The number of carbonyl (C=O) groups excluding carboxylic acids is 1. The van der Waals surface area contributed by atoms with Gasteiger partial charge in [0.15, 0.2) is 0 Å². The van der Waals surface area contributed by atoms with Crippen molar-refractivity contribution < 1.29 is 32.7 Å². The fourth-order valence-electron chi connectivity index (χ4n) is 1.17. The van der Waals surface area contributed by atoms with E-state index in [2.05, 4.69) is 12.6 Å². The summed E-state index contributed by atoms with van der Waals surface area (Å²) in [5.41, 5.74) is 0. The molecule has 0 aliphatic rings. The second kappa shape index (κ2) is 7.26. The van der Waals surface area contributed by atoms with Gasteiger partial charge >= 0.3 is 10.3 Å². The number of hydrogen-bond donors (Lipinski definition) is 5. The van der Waals surface area contributed by atoms with E-state index in [1.165, 1.54) is 0 Å². The molecule has 0 aromatic carbocycles. The third-order valence-corrected chi connectivity index (χ3v) is 3.01. The zero-order valence-corrected chi connectivity index (χ0v) is 10.6. The Morgan fingerprint density at radius 2 is 2.06 bits per heavy atom. The van der Waals surface area contributed by atoms with Crippen molar-refractivity contribution in [3.8, 4) is 0 Å². The first-order valence-electron chi connectivity index (χ1n) is 4.46. The Balaban J connectivity index is 4.87. The molecule has 4 atom stereocenters. The highest BCUT2D eigenvalue weighted by Gasteiger charge is 2.34. The molecule has 10 heteroatoms. The van der Waals surface area contributed by atoms with Crippen molar-refractivity contribution in [2.75, 3.05) is 13.7 Å². The van der Waals surface area contributed by atoms with Gasteiger partial charge in [0.05, 0.1) is 18.0 Å². The van der Waals surface area contributed by atoms with E-state index in [1.54, 1.807) is 4.72 Å². The lowest BCUT2D eigenvalue weighted by Crippen LogP contribution is -2.53. The van der Waals surface area contributed by atoms with Gasteiger partial charge in [-0.25, -0.2) is 0 Å². The molecule has 0 unspecified atom stereocenters. The first kappa shape index (κ1) is 16.8. The standard InChI is InChI=1S/C7H15NO7S2/c1-15-7(6(11)5(16)3-10)4(2-9)8-17(12,13)14/h2,4-8,10-11,16H,3H2,1H3,(H,12,13,14)/t4-,5+,6-,7-/m1/s1. The molecule has 0 rings (SSSR count). The Labute approximate surface area is 104 Å². The number of aldehydes is 1. The van der Waals surface area contributed by atoms with Gasteiger partial charge in [-0.1, -0.05) is 0 Å². The van der Waals surface area contributed by atoms with Crippen LogP contribution >= 0.6 is 12.6 Å². The first-order valence-corrected chi connectivity index (χ1v) is 6.42. The predicted octanol–water partition coefficient (Wildman–Crippen LogP) is -2.39. The maximum absolute atomic E-state index is 10.7. The van der Waals surface area contributed by atoms with Crippen molar-refractivity contribution >= 4 is 29.2 Å². The average molecular weight is 289 g/mol. The number of thiol groups is 1. The van der Waals surface area contributed by atoms with E-state index in [-0.39, 0.29) is 6.29 Å². The topological polar surface area (TPSA) is 133 Å². The minimum Gasteiger partial charge on any atom is -0.395 e. The lowest BCUT2D eigenvalue weighted by Gasteiger charge is -2.28. The van der Waals surface area contributed by atoms with Gasteiger partial charge in [0, 0.05) is 7.11 Å². The molecular weight excluding hydrogens is 274 g/mol. The van der Waals surface area contributed by atoms with Crippen molar-refractivity contribution in [1.82, 2.24) is 4.72 Å².